The summed E-state index contributed by atoms with van der Waals surface area (Å²) in [6, 6.07) is -12.6. The number of imidazole rings is 1. The smallest absolute Gasteiger partial charge is 0.326 e. The molecule has 3 aliphatic heterocycles. The van der Waals surface area contributed by atoms with Crippen molar-refractivity contribution in [3.8, 4) is 0 Å². The van der Waals surface area contributed by atoms with Crippen molar-refractivity contribution in [1.29, 1.82) is 5.41 Å². The minimum Gasteiger partial charge on any atom is -0.480 e. The van der Waals surface area contributed by atoms with E-state index in [9.17, 15) is 63.3 Å². The Morgan fingerprint density at radius 1 is 0.679 bits per heavy atom. The Morgan fingerprint density at radius 2 is 1.19 bits per heavy atom. The summed E-state index contributed by atoms with van der Waals surface area (Å²) in [6.07, 6.45) is 5.63. The number of aromatic nitrogens is 2. The molecule has 4 rings (SSSR count). The molecule has 0 spiro atoms. The van der Waals surface area contributed by atoms with Crippen LogP contribution in [-0.2, 0) is 54.4 Å². The van der Waals surface area contributed by atoms with Crippen LogP contribution in [0, 0.1) is 17.2 Å². The predicted octanol–water partition coefficient (Wildman–Crippen LogP) is -3.90. The van der Waals surface area contributed by atoms with E-state index in [0.717, 1.165) is 0 Å². The molecule has 0 unspecified atom stereocenters. The molecule has 9 amide bonds. The topological polar surface area (TPSA) is 456 Å². The Hall–Kier alpha value is -6.98. The highest BCUT2D eigenvalue weighted by molar-refractivity contribution is 5.99. The molecule has 81 heavy (non-hydrogen) atoms. The number of unbranched alkanes of at least 4 members (excludes halogenated alkanes) is 1. The largest absolute Gasteiger partial charge is 0.480 e. The van der Waals surface area contributed by atoms with E-state index in [-0.39, 0.29) is 64.2 Å². The zero-order chi connectivity index (χ0) is 60.1. The molecule has 0 bridgehead atoms. The zero-order valence-corrected chi connectivity index (χ0v) is 47.2. The Morgan fingerprint density at radius 3 is 1.68 bits per heavy atom. The minimum atomic E-state index is -1.68. The number of hydrogen-bond donors (Lipinski definition) is 15. The Bertz CT molecular complexity index is 2330. The molecular formula is C52H88N16O13. The Balaban J connectivity index is 1.48. The number of likely N-dealkylation sites (tertiary alicyclic amines) is 3. The van der Waals surface area contributed by atoms with Crippen LogP contribution < -0.4 is 54.4 Å². The average molecular weight is 1150 g/mol. The fourth-order valence-corrected chi connectivity index (χ4v) is 10.2. The van der Waals surface area contributed by atoms with Crippen molar-refractivity contribution in [3.63, 3.8) is 0 Å². The fourth-order valence-electron chi connectivity index (χ4n) is 10.2. The number of H-pyrrole nitrogens is 1. The van der Waals surface area contributed by atoms with Crippen LogP contribution in [0.3, 0.4) is 0 Å². The summed E-state index contributed by atoms with van der Waals surface area (Å²) >= 11 is 0. The summed E-state index contributed by atoms with van der Waals surface area (Å²) in [6.45, 7) is 8.16. The number of carbonyl (C=O) groups is 10. The number of carbonyl (C=O) groups excluding carboxylic acids is 9. The molecule has 1 aromatic rings. The molecule has 13 atom stereocenters. The maximum atomic E-state index is 14.5. The highest BCUT2D eigenvalue weighted by Gasteiger charge is 2.45. The van der Waals surface area contributed by atoms with Crippen molar-refractivity contribution in [2.24, 2.45) is 29.0 Å². The van der Waals surface area contributed by atoms with Crippen LogP contribution in [-0.4, -0.2) is 211 Å². The van der Waals surface area contributed by atoms with Gasteiger partial charge in [0.2, 0.25) is 53.2 Å². The standard InChI is InChI=1S/C52H88N16O13/c1-6-28(3)39(49(78)67-22-12-18-38(67)47(76)65-41(30(5)70)50(79)68-23-13-17-37(68)46(75)64-40(51(80)81)29(4)7-2)63-44(73)35(26-69)62-43(72)34(24-31-25-57-27-59-31)61-45(74)36-16-11-21-66(36)48(77)33(15-10-20-58-52(55)56)60-42(71)32(54)14-8-9-19-53/h25,27-30,32-41,69-70H,6-24,26,53-54H2,1-5H3,(H,57,59)(H,60,71)(H,61,74)(H,62,72)(H,63,73)(H,64,75)(H,65,76)(H,80,81)(H4,55,56,58)/t28-,29-,30+,32-,33-,34-,35-,36-,37-,38-,39-,40-,41-/m0/s1. The van der Waals surface area contributed by atoms with Crippen molar-refractivity contribution < 1.29 is 63.3 Å². The number of aliphatic carboxylic acids is 1. The van der Waals surface area contributed by atoms with Gasteiger partial charge >= 0.3 is 5.97 Å². The maximum Gasteiger partial charge on any atom is 0.326 e. The fraction of sp³-hybridized carbons (Fsp3) is 0.731. The predicted molar refractivity (Wildman–Crippen MR) is 293 cm³/mol. The van der Waals surface area contributed by atoms with Gasteiger partial charge in [-0.05, 0) is 89.5 Å². The lowest BCUT2D eigenvalue weighted by Crippen LogP contribution is -2.62. The summed E-state index contributed by atoms with van der Waals surface area (Å²) in [5.41, 5.74) is 17.5. The van der Waals surface area contributed by atoms with Crippen molar-refractivity contribution >= 4 is 65.1 Å². The number of rotatable bonds is 32. The number of aromatic amines is 1. The van der Waals surface area contributed by atoms with Gasteiger partial charge in [-0.3, -0.25) is 48.6 Å². The van der Waals surface area contributed by atoms with Crippen LogP contribution in [0.25, 0.3) is 0 Å². The second-order valence-corrected chi connectivity index (χ2v) is 21.4. The van der Waals surface area contributed by atoms with E-state index >= 15 is 0 Å². The molecule has 3 aliphatic rings. The lowest BCUT2D eigenvalue weighted by Gasteiger charge is -2.34. The van der Waals surface area contributed by atoms with Gasteiger partial charge in [-0.15, -0.1) is 0 Å². The number of aliphatic hydroxyl groups is 2. The molecular weight excluding hydrogens is 1060 g/mol. The van der Waals surface area contributed by atoms with Crippen LogP contribution >= 0.6 is 0 Å². The van der Waals surface area contributed by atoms with Crippen molar-refractivity contribution in [2.45, 2.75) is 191 Å². The minimum absolute atomic E-state index is 0.0682. The second kappa shape index (κ2) is 32.5. The zero-order valence-electron chi connectivity index (χ0n) is 47.2. The summed E-state index contributed by atoms with van der Waals surface area (Å²) in [4.78, 5) is 149. The van der Waals surface area contributed by atoms with E-state index in [0.29, 0.717) is 70.0 Å². The number of hydrogen-bond acceptors (Lipinski definition) is 16. The van der Waals surface area contributed by atoms with Gasteiger partial charge in [0.25, 0.3) is 0 Å². The van der Waals surface area contributed by atoms with Crippen LogP contribution in [0.5, 0.6) is 0 Å². The van der Waals surface area contributed by atoms with Gasteiger partial charge in [0.15, 0.2) is 5.96 Å². The van der Waals surface area contributed by atoms with Crippen LogP contribution in [0.2, 0.25) is 0 Å². The Kier molecular flexibility index (Phi) is 26.7. The van der Waals surface area contributed by atoms with Gasteiger partial charge < -0.3 is 89.4 Å². The van der Waals surface area contributed by atoms with Gasteiger partial charge in [0, 0.05) is 38.8 Å². The molecule has 0 aliphatic carbocycles. The normalized spacial score (nSPS) is 20.7. The highest BCUT2D eigenvalue weighted by atomic mass is 16.4. The van der Waals surface area contributed by atoms with Crippen molar-refractivity contribution in [1.82, 2.24) is 61.9 Å². The first-order valence-electron chi connectivity index (χ1n) is 28.3. The third kappa shape index (κ3) is 18.8. The van der Waals surface area contributed by atoms with E-state index in [1.165, 1.54) is 34.1 Å². The van der Waals surface area contributed by atoms with Gasteiger partial charge in [-0.25, -0.2) is 9.78 Å². The van der Waals surface area contributed by atoms with Gasteiger partial charge in [-0.2, -0.15) is 0 Å². The molecule has 3 fully saturated rings. The first kappa shape index (κ1) is 66.5. The quantitative estimate of drug-likeness (QED) is 0.0186. The number of nitrogens with two attached hydrogens (primary N) is 3. The van der Waals surface area contributed by atoms with Crippen LogP contribution in [0.1, 0.15) is 124 Å². The lowest BCUT2D eigenvalue weighted by atomic mass is 9.96. The third-order valence-electron chi connectivity index (χ3n) is 15.4. The van der Waals surface area contributed by atoms with Gasteiger partial charge in [0.05, 0.1) is 30.8 Å². The number of guanidine groups is 1. The van der Waals surface area contributed by atoms with Crippen molar-refractivity contribution in [2.75, 3.05) is 39.3 Å². The number of amides is 9. The van der Waals surface area contributed by atoms with E-state index in [4.69, 9.17) is 22.6 Å². The van der Waals surface area contributed by atoms with E-state index in [1.54, 1.807) is 27.7 Å². The molecule has 0 aromatic carbocycles. The van der Waals surface area contributed by atoms with Gasteiger partial charge in [0.1, 0.15) is 54.4 Å². The summed E-state index contributed by atoms with van der Waals surface area (Å²) < 4.78 is 0. The van der Waals surface area contributed by atoms with E-state index < -0.39 is 144 Å². The summed E-state index contributed by atoms with van der Waals surface area (Å²) in [5, 5.41) is 57.0. The first-order chi connectivity index (χ1) is 38.5. The van der Waals surface area contributed by atoms with Crippen LogP contribution in [0.15, 0.2) is 12.5 Å². The lowest BCUT2D eigenvalue weighted by molar-refractivity contribution is -0.148. The average Bonchev–Trinajstić information content (AvgIpc) is 4.32. The first-order valence-corrected chi connectivity index (χ1v) is 28.3. The molecule has 3 saturated heterocycles. The SMILES string of the molecule is CC[C@H](C)[C@H](NC(=O)[C@@H]1CCCN1C(=O)[C@@H](NC(=O)[C@@H]1CCCN1C(=O)[C@@H](NC(=O)[C@H](CO)NC(=O)[C@H](Cc1c[nH]cn1)NC(=O)[C@@H]1CCCN1C(=O)[C@H](CCCNC(=N)N)NC(=O)[C@@H](N)CCCCN)[C@@H](C)CC)[C@@H](C)O)C(=O)O. The maximum absolute atomic E-state index is 14.5. The number of carboxylic acid groups (broad SMARTS) is 1. The number of carboxylic acids is 1. The van der Waals surface area contributed by atoms with Crippen molar-refractivity contribution in [3.05, 3.63) is 18.2 Å². The molecule has 18 N–H and O–H groups in total. The highest BCUT2D eigenvalue weighted by Crippen LogP contribution is 2.25. The second-order valence-electron chi connectivity index (χ2n) is 21.4. The number of aliphatic hydroxyl groups excluding tert-OH is 2. The summed E-state index contributed by atoms with van der Waals surface area (Å²) in [5.74, 6) is -9.18. The molecule has 29 nitrogen and oxygen atoms in total. The third-order valence-corrected chi connectivity index (χ3v) is 15.4. The number of nitrogens with zero attached hydrogens (tertiary/aromatic N) is 4. The molecule has 4 heterocycles. The Labute approximate surface area is 472 Å². The monoisotopic (exact) mass is 1140 g/mol. The summed E-state index contributed by atoms with van der Waals surface area (Å²) in [7, 11) is 0. The molecule has 0 saturated carbocycles. The molecule has 454 valence electrons. The molecule has 1 aromatic heterocycles. The van der Waals surface area contributed by atoms with Gasteiger partial charge in [-0.1, -0.05) is 47.0 Å². The molecule has 0 radical (unpaired) electrons. The van der Waals surface area contributed by atoms with Crippen LogP contribution in [0.4, 0.5) is 0 Å². The number of nitrogens with one attached hydrogen (secondary N) is 9. The van der Waals surface area contributed by atoms with E-state index in [1.807, 2.05) is 0 Å². The molecule has 29 heteroatoms. The van der Waals surface area contributed by atoms with E-state index in [2.05, 4.69) is 47.2 Å².